The third-order valence-electron chi connectivity index (χ3n) is 4.25. The van der Waals surface area contributed by atoms with Crippen molar-refractivity contribution >= 4 is 39.1 Å². The van der Waals surface area contributed by atoms with E-state index in [1.165, 1.54) is 11.8 Å². The van der Waals surface area contributed by atoms with E-state index < -0.39 is 9.84 Å². The van der Waals surface area contributed by atoms with Gasteiger partial charge in [-0.1, -0.05) is 54.1 Å². The SMILES string of the molecule is O=C(CSC(c1ccccc1)c1ccc(Cl)cc1)NC1CCS(=O)(=O)C1. The van der Waals surface area contributed by atoms with Crippen LogP contribution in [0.4, 0.5) is 0 Å². The second-order valence-corrected chi connectivity index (χ2v) is 10.1. The minimum atomic E-state index is -3.00. The molecule has 0 aromatic heterocycles. The van der Waals surface area contributed by atoms with Crippen molar-refractivity contribution < 1.29 is 13.2 Å². The lowest BCUT2D eigenvalue weighted by atomic mass is 10.0. The molecule has 2 atom stereocenters. The molecule has 7 heteroatoms. The van der Waals surface area contributed by atoms with Crippen molar-refractivity contribution in [3.05, 3.63) is 70.7 Å². The molecule has 1 heterocycles. The standard InChI is InChI=1S/C19H20ClNO3S2/c20-16-8-6-15(7-9-16)19(14-4-2-1-3-5-14)25-12-18(22)21-17-10-11-26(23,24)13-17/h1-9,17,19H,10-13H2,(H,21,22). The van der Waals surface area contributed by atoms with E-state index in [-0.39, 0.29) is 34.5 Å². The topological polar surface area (TPSA) is 63.2 Å². The third-order valence-corrected chi connectivity index (χ3v) is 7.58. The van der Waals surface area contributed by atoms with Gasteiger partial charge in [-0.2, -0.15) is 0 Å². The van der Waals surface area contributed by atoms with E-state index >= 15 is 0 Å². The van der Waals surface area contributed by atoms with Crippen LogP contribution in [-0.2, 0) is 14.6 Å². The molecule has 0 saturated carbocycles. The van der Waals surface area contributed by atoms with Crippen molar-refractivity contribution in [3.8, 4) is 0 Å². The fourth-order valence-electron chi connectivity index (χ4n) is 2.99. The Morgan fingerprint density at radius 1 is 1.12 bits per heavy atom. The molecule has 1 aliphatic heterocycles. The molecule has 1 N–H and O–H groups in total. The highest BCUT2D eigenvalue weighted by Gasteiger charge is 2.29. The molecule has 0 aliphatic carbocycles. The van der Waals surface area contributed by atoms with Gasteiger partial charge < -0.3 is 5.32 Å². The predicted molar refractivity (Wildman–Crippen MR) is 107 cm³/mol. The number of nitrogens with one attached hydrogen (secondary N) is 1. The molecule has 0 radical (unpaired) electrons. The molecule has 0 bridgehead atoms. The van der Waals surface area contributed by atoms with Crippen molar-refractivity contribution in [2.24, 2.45) is 0 Å². The monoisotopic (exact) mass is 409 g/mol. The van der Waals surface area contributed by atoms with E-state index in [4.69, 9.17) is 11.6 Å². The van der Waals surface area contributed by atoms with E-state index in [9.17, 15) is 13.2 Å². The van der Waals surface area contributed by atoms with Crippen LogP contribution in [0.3, 0.4) is 0 Å². The Labute approximate surface area is 163 Å². The molecule has 138 valence electrons. The average Bonchev–Trinajstić information content (AvgIpc) is 2.96. The summed E-state index contributed by atoms with van der Waals surface area (Å²) in [5, 5.41) is 3.52. The minimum Gasteiger partial charge on any atom is -0.352 e. The lowest BCUT2D eigenvalue weighted by Gasteiger charge is -2.18. The van der Waals surface area contributed by atoms with Gasteiger partial charge in [0.05, 0.1) is 22.5 Å². The van der Waals surface area contributed by atoms with Crippen molar-refractivity contribution in [3.63, 3.8) is 0 Å². The molecule has 0 spiro atoms. The molecular formula is C19H20ClNO3S2. The Balaban J connectivity index is 1.66. The van der Waals surface area contributed by atoms with Crippen molar-refractivity contribution in [2.45, 2.75) is 17.7 Å². The summed E-state index contributed by atoms with van der Waals surface area (Å²) in [7, 11) is -3.00. The molecule has 4 nitrogen and oxygen atoms in total. The van der Waals surface area contributed by atoms with Crippen LogP contribution in [0.15, 0.2) is 54.6 Å². The van der Waals surface area contributed by atoms with E-state index in [1.807, 2.05) is 54.6 Å². The van der Waals surface area contributed by atoms with Crippen LogP contribution in [0, 0.1) is 0 Å². The van der Waals surface area contributed by atoms with E-state index in [0.717, 1.165) is 11.1 Å². The Morgan fingerprint density at radius 3 is 2.38 bits per heavy atom. The minimum absolute atomic E-state index is 0.00604. The van der Waals surface area contributed by atoms with Crippen LogP contribution >= 0.6 is 23.4 Å². The Morgan fingerprint density at radius 2 is 1.77 bits per heavy atom. The number of carbonyl (C=O) groups is 1. The summed E-state index contributed by atoms with van der Waals surface area (Å²) in [5.74, 6) is 0.330. The molecule has 1 aliphatic rings. The summed E-state index contributed by atoms with van der Waals surface area (Å²) in [6, 6.07) is 17.3. The number of hydrogen-bond acceptors (Lipinski definition) is 4. The van der Waals surface area contributed by atoms with Crippen molar-refractivity contribution in [1.82, 2.24) is 5.32 Å². The number of thioether (sulfide) groups is 1. The molecule has 1 amide bonds. The average molecular weight is 410 g/mol. The zero-order chi connectivity index (χ0) is 18.6. The summed E-state index contributed by atoms with van der Waals surface area (Å²) in [6.07, 6.45) is 0.498. The number of benzene rings is 2. The zero-order valence-corrected chi connectivity index (χ0v) is 16.5. The van der Waals surface area contributed by atoms with E-state index in [0.29, 0.717) is 11.4 Å². The Kier molecular flexibility index (Phi) is 6.27. The van der Waals surface area contributed by atoms with E-state index in [2.05, 4.69) is 5.32 Å². The van der Waals surface area contributed by atoms with Crippen LogP contribution in [-0.4, -0.2) is 37.6 Å². The first-order valence-electron chi connectivity index (χ1n) is 8.35. The second kappa shape index (κ2) is 8.46. The number of carbonyl (C=O) groups excluding carboxylic acids is 1. The first-order valence-corrected chi connectivity index (χ1v) is 11.6. The lowest BCUT2D eigenvalue weighted by Crippen LogP contribution is -2.36. The highest BCUT2D eigenvalue weighted by Crippen LogP contribution is 2.35. The normalized spacial score (nSPS) is 19.8. The number of sulfone groups is 1. The fourth-order valence-corrected chi connectivity index (χ4v) is 5.89. The number of amides is 1. The maximum atomic E-state index is 12.3. The summed E-state index contributed by atoms with van der Waals surface area (Å²) >= 11 is 7.51. The maximum Gasteiger partial charge on any atom is 0.230 e. The van der Waals surface area contributed by atoms with Gasteiger partial charge in [-0.3, -0.25) is 4.79 Å². The van der Waals surface area contributed by atoms with Gasteiger partial charge >= 0.3 is 0 Å². The first kappa shape index (κ1) is 19.3. The second-order valence-electron chi connectivity index (χ2n) is 6.32. The lowest BCUT2D eigenvalue weighted by molar-refractivity contribution is -0.119. The van der Waals surface area contributed by atoms with Gasteiger partial charge in [0.25, 0.3) is 0 Å². The van der Waals surface area contributed by atoms with Crippen LogP contribution in [0.25, 0.3) is 0 Å². The smallest absolute Gasteiger partial charge is 0.230 e. The predicted octanol–water partition coefficient (Wildman–Crippen LogP) is 3.47. The summed E-state index contributed by atoms with van der Waals surface area (Å²) < 4.78 is 23.0. The van der Waals surface area contributed by atoms with Gasteiger partial charge in [0.2, 0.25) is 5.91 Å². The molecule has 2 aromatic rings. The maximum absolute atomic E-state index is 12.3. The quantitative estimate of drug-likeness (QED) is 0.793. The molecule has 1 fully saturated rings. The molecule has 2 aromatic carbocycles. The highest BCUT2D eigenvalue weighted by molar-refractivity contribution is 8.00. The Bertz CT molecular complexity index is 854. The molecular weight excluding hydrogens is 390 g/mol. The number of rotatable bonds is 6. The van der Waals surface area contributed by atoms with Crippen molar-refractivity contribution in [1.29, 1.82) is 0 Å². The summed E-state index contributed by atoms with van der Waals surface area (Å²) in [6.45, 7) is 0. The largest absolute Gasteiger partial charge is 0.352 e. The van der Waals surface area contributed by atoms with Gasteiger partial charge in [0.15, 0.2) is 9.84 Å². The van der Waals surface area contributed by atoms with E-state index in [1.54, 1.807) is 0 Å². The van der Waals surface area contributed by atoms with Crippen LogP contribution < -0.4 is 5.32 Å². The van der Waals surface area contributed by atoms with Gasteiger partial charge in [-0.25, -0.2) is 8.42 Å². The summed E-state index contributed by atoms with van der Waals surface area (Å²) in [4.78, 5) is 12.3. The van der Waals surface area contributed by atoms with Crippen LogP contribution in [0.2, 0.25) is 5.02 Å². The highest BCUT2D eigenvalue weighted by atomic mass is 35.5. The van der Waals surface area contributed by atoms with Crippen molar-refractivity contribution in [2.75, 3.05) is 17.3 Å². The zero-order valence-electron chi connectivity index (χ0n) is 14.1. The number of hydrogen-bond donors (Lipinski definition) is 1. The van der Waals surface area contributed by atoms with Gasteiger partial charge in [-0.05, 0) is 29.7 Å². The van der Waals surface area contributed by atoms with Gasteiger partial charge in [-0.15, -0.1) is 11.8 Å². The molecule has 1 saturated heterocycles. The summed E-state index contributed by atoms with van der Waals surface area (Å²) in [5.41, 5.74) is 2.18. The van der Waals surface area contributed by atoms with Crippen LogP contribution in [0.1, 0.15) is 22.8 Å². The third kappa shape index (κ3) is 5.25. The van der Waals surface area contributed by atoms with Gasteiger partial charge in [0.1, 0.15) is 0 Å². The first-order chi connectivity index (χ1) is 12.4. The molecule has 2 unspecified atom stereocenters. The fraction of sp³-hybridized carbons (Fsp3) is 0.316. The Hall–Kier alpha value is -1.50. The molecule has 3 rings (SSSR count). The number of halogens is 1. The van der Waals surface area contributed by atoms with Crippen LogP contribution in [0.5, 0.6) is 0 Å². The molecule has 26 heavy (non-hydrogen) atoms. The van der Waals surface area contributed by atoms with Gasteiger partial charge in [0, 0.05) is 11.1 Å².